The van der Waals surface area contributed by atoms with Gasteiger partial charge in [0.25, 0.3) is 0 Å². The van der Waals surface area contributed by atoms with Crippen molar-refractivity contribution in [2.45, 2.75) is 25.7 Å². The smallest absolute Gasteiger partial charge is 0.311 e. The first-order valence-electron chi connectivity index (χ1n) is 8.69. The number of aromatic nitrogens is 2. The highest BCUT2D eigenvalue weighted by Crippen LogP contribution is 2.48. The fraction of sp³-hybridized carbons (Fsp3) is 0.421. The molecule has 1 aromatic heterocycles. The molecular weight excluding hydrogens is 318 g/mol. The summed E-state index contributed by atoms with van der Waals surface area (Å²) in [4.78, 5) is 26.1. The Labute approximate surface area is 146 Å². The first kappa shape index (κ1) is 15.9. The molecule has 1 N–H and O–H groups in total. The Kier molecular flexibility index (Phi) is 3.82. The molecule has 2 aliphatic rings. The molecule has 4 rings (SSSR count). The van der Waals surface area contributed by atoms with Gasteiger partial charge in [0.1, 0.15) is 0 Å². The number of carboxylic acids is 1. The second kappa shape index (κ2) is 6.02. The minimum Gasteiger partial charge on any atom is -0.481 e. The molecule has 1 amide bonds. The third-order valence-electron chi connectivity index (χ3n) is 5.66. The standard InChI is InChI=1S/C19H21N3O3/c23-17(21-12-15-5-4-8-19(15,13-21)18(24)25)9-14-10-20-22(11-14)16-6-2-1-3-7-16/h1-3,6-7,10-11,15H,4-5,8-9,12-13H2,(H,24,25)/t15-,19+/m0/s1. The highest BCUT2D eigenvalue weighted by Gasteiger charge is 2.55. The summed E-state index contributed by atoms with van der Waals surface area (Å²) in [7, 11) is 0. The molecule has 0 spiro atoms. The van der Waals surface area contributed by atoms with Crippen LogP contribution in [0.2, 0.25) is 0 Å². The summed E-state index contributed by atoms with van der Waals surface area (Å²) in [6.45, 7) is 0.913. The molecule has 1 aliphatic heterocycles. The number of hydrogen-bond acceptors (Lipinski definition) is 3. The summed E-state index contributed by atoms with van der Waals surface area (Å²) in [6.07, 6.45) is 6.36. The fourth-order valence-electron chi connectivity index (χ4n) is 4.29. The van der Waals surface area contributed by atoms with Crippen LogP contribution in [0, 0.1) is 11.3 Å². The number of aliphatic carboxylic acids is 1. The van der Waals surface area contributed by atoms with Gasteiger partial charge in [0.05, 0.1) is 23.7 Å². The predicted octanol–water partition coefficient (Wildman–Crippen LogP) is 2.13. The van der Waals surface area contributed by atoms with Crippen LogP contribution in [0.15, 0.2) is 42.7 Å². The molecule has 2 aromatic rings. The van der Waals surface area contributed by atoms with E-state index in [1.165, 1.54) is 0 Å². The number of nitrogens with zero attached hydrogens (tertiary/aromatic N) is 3. The molecule has 2 atom stereocenters. The topological polar surface area (TPSA) is 75.4 Å². The molecule has 1 aliphatic carbocycles. The van der Waals surface area contributed by atoms with Crippen molar-refractivity contribution < 1.29 is 14.7 Å². The lowest BCUT2D eigenvalue weighted by molar-refractivity contribution is -0.149. The summed E-state index contributed by atoms with van der Waals surface area (Å²) in [5, 5.41) is 14.0. The van der Waals surface area contributed by atoms with Crippen LogP contribution in [-0.4, -0.2) is 44.8 Å². The maximum absolute atomic E-state index is 12.7. The van der Waals surface area contributed by atoms with E-state index in [1.54, 1.807) is 15.8 Å². The van der Waals surface area contributed by atoms with E-state index in [4.69, 9.17) is 0 Å². The Morgan fingerprint density at radius 1 is 1.28 bits per heavy atom. The van der Waals surface area contributed by atoms with Crippen LogP contribution in [0.4, 0.5) is 0 Å². The number of carboxylic acid groups (broad SMARTS) is 1. The van der Waals surface area contributed by atoms with Gasteiger partial charge in [-0.15, -0.1) is 0 Å². The van der Waals surface area contributed by atoms with E-state index in [9.17, 15) is 14.7 Å². The molecule has 6 heteroatoms. The van der Waals surface area contributed by atoms with Gasteiger partial charge >= 0.3 is 5.97 Å². The van der Waals surface area contributed by atoms with E-state index in [-0.39, 0.29) is 18.2 Å². The largest absolute Gasteiger partial charge is 0.481 e. The van der Waals surface area contributed by atoms with Gasteiger partial charge in [-0.25, -0.2) is 4.68 Å². The maximum atomic E-state index is 12.7. The van der Waals surface area contributed by atoms with Gasteiger partial charge in [0, 0.05) is 19.3 Å². The van der Waals surface area contributed by atoms with E-state index in [1.807, 2.05) is 36.5 Å². The number of hydrogen-bond donors (Lipinski definition) is 1. The van der Waals surface area contributed by atoms with Crippen molar-refractivity contribution in [3.8, 4) is 5.69 Å². The lowest BCUT2D eigenvalue weighted by atomic mass is 9.81. The molecule has 25 heavy (non-hydrogen) atoms. The van der Waals surface area contributed by atoms with Gasteiger partial charge < -0.3 is 10.0 Å². The number of fused-ring (bicyclic) bond motifs is 1. The summed E-state index contributed by atoms with van der Waals surface area (Å²) in [6, 6.07) is 9.74. The zero-order valence-electron chi connectivity index (χ0n) is 14.0. The number of rotatable bonds is 4. The third-order valence-corrected chi connectivity index (χ3v) is 5.66. The van der Waals surface area contributed by atoms with Crippen LogP contribution in [0.3, 0.4) is 0 Å². The Morgan fingerprint density at radius 3 is 2.80 bits per heavy atom. The average Bonchev–Trinajstić information content (AvgIpc) is 3.29. The monoisotopic (exact) mass is 339 g/mol. The number of para-hydroxylation sites is 1. The van der Waals surface area contributed by atoms with E-state index >= 15 is 0 Å². The summed E-state index contributed by atoms with van der Waals surface area (Å²) in [5.41, 5.74) is 1.07. The van der Waals surface area contributed by atoms with E-state index in [0.717, 1.165) is 24.1 Å². The second-order valence-electron chi connectivity index (χ2n) is 7.13. The van der Waals surface area contributed by atoms with Crippen molar-refractivity contribution in [2.24, 2.45) is 11.3 Å². The highest BCUT2D eigenvalue weighted by molar-refractivity contribution is 5.82. The van der Waals surface area contributed by atoms with Gasteiger partial charge in [-0.2, -0.15) is 5.10 Å². The maximum Gasteiger partial charge on any atom is 0.311 e. The number of benzene rings is 1. The van der Waals surface area contributed by atoms with Crippen molar-refractivity contribution in [1.29, 1.82) is 0 Å². The molecule has 1 saturated carbocycles. The Balaban J connectivity index is 1.45. The molecular formula is C19H21N3O3. The zero-order chi connectivity index (χ0) is 17.4. The Morgan fingerprint density at radius 2 is 2.08 bits per heavy atom. The third kappa shape index (κ3) is 2.71. The van der Waals surface area contributed by atoms with Crippen LogP contribution >= 0.6 is 0 Å². The molecule has 1 saturated heterocycles. The summed E-state index contributed by atoms with van der Waals surface area (Å²) in [5.74, 6) is -0.661. The average molecular weight is 339 g/mol. The molecule has 1 aromatic carbocycles. The lowest BCUT2D eigenvalue weighted by Gasteiger charge is -2.23. The minimum atomic E-state index is -0.748. The first-order chi connectivity index (χ1) is 12.1. The first-order valence-corrected chi connectivity index (χ1v) is 8.69. The van der Waals surface area contributed by atoms with Gasteiger partial charge in [-0.1, -0.05) is 24.6 Å². The molecule has 0 bridgehead atoms. The highest BCUT2D eigenvalue weighted by atomic mass is 16.4. The van der Waals surface area contributed by atoms with Crippen molar-refractivity contribution in [3.63, 3.8) is 0 Å². The molecule has 0 radical (unpaired) electrons. The fourth-order valence-corrected chi connectivity index (χ4v) is 4.29. The number of amides is 1. The number of carbonyl (C=O) groups is 2. The quantitative estimate of drug-likeness (QED) is 0.926. The van der Waals surface area contributed by atoms with Crippen LogP contribution in [0.1, 0.15) is 24.8 Å². The second-order valence-corrected chi connectivity index (χ2v) is 7.13. The zero-order valence-corrected chi connectivity index (χ0v) is 14.0. The van der Waals surface area contributed by atoms with Crippen LogP contribution in [0.25, 0.3) is 5.69 Å². The van der Waals surface area contributed by atoms with Gasteiger partial charge in [0.2, 0.25) is 5.91 Å². The van der Waals surface area contributed by atoms with Gasteiger partial charge in [-0.05, 0) is 36.5 Å². The lowest BCUT2D eigenvalue weighted by Crippen LogP contribution is -2.37. The van der Waals surface area contributed by atoms with Crippen molar-refractivity contribution in [2.75, 3.05) is 13.1 Å². The number of carbonyl (C=O) groups excluding carboxylic acids is 1. The van der Waals surface area contributed by atoms with E-state index in [0.29, 0.717) is 19.5 Å². The summed E-state index contributed by atoms with van der Waals surface area (Å²) >= 11 is 0. The molecule has 0 unspecified atom stereocenters. The molecule has 6 nitrogen and oxygen atoms in total. The van der Waals surface area contributed by atoms with Gasteiger partial charge in [0.15, 0.2) is 0 Å². The Hall–Kier alpha value is -2.63. The van der Waals surface area contributed by atoms with Crippen molar-refractivity contribution in [3.05, 3.63) is 48.3 Å². The summed E-state index contributed by atoms with van der Waals surface area (Å²) < 4.78 is 1.75. The van der Waals surface area contributed by atoms with Crippen LogP contribution in [-0.2, 0) is 16.0 Å². The van der Waals surface area contributed by atoms with Crippen LogP contribution < -0.4 is 0 Å². The van der Waals surface area contributed by atoms with E-state index in [2.05, 4.69) is 5.10 Å². The van der Waals surface area contributed by atoms with E-state index < -0.39 is 11.4 Å². The molecule has 2 fully saturated rings. The normalized spacial score (nSPS) is 25.1. The minimum absolute atomic E-state index is 0.0114. The van der Waals surface area contributed by atoms with Gasteiger partial charge in [-0.3, -0.25) is 9.59 Å². The van der Waals surface area contributed by atoms with Crippen molar-refractivity contribution in [1.82, 2.24) is 14.7 Å². The molecule has 130 valence electrons. The molecule has 2 heterocycles. The van der Waals surface area contributed by atoms with Crippen molar-refractivity contribution >= 4 is 11.9 Å². The van der Waals surface area contributed by atoms with Crippen LogP contribution in [0.5, 0.6) is 0 Å². The SMILES string of the molecule is O=C(Cc1cnn(-c2ccccc2)c1)N1C[C@@H]2CCC[C@@]2(C(=O)O)C1. The number of likely N-dealkylation sites (tertiary alicyclic amines) is 1. The predicted molar refractivity (Wildman–Crippen MR) is 91.3 cm³/mol. The Bertz CT molecular complexity index is 801.